The third-order valence-corrected chi connectivity index (χ3v) is 4.00. The number of guanidine groups is 1. The molecule has 0 atom stereocenters. The van der Waals surface area contributed by atoms with Gasteiger partial charge < -0.3 is 15.5 Å². The topological polar surface area (TPSA) is 44.9 Å². The van der Waals surface area contributed by atoms with E-state index in [1.807, 2.05) is 0 Å². The predicted molar refractivity (Wildman–Crippen MR) is 83.5 cm³/mol. The van der Waals surface area contributed by atoms with Gasteiger partial charge in [-0.1, -0.05) is 12.8 Å². The van der Waals surface area contributed by atoms with Gasteiger partial charge in [0.1, 0.15) is 0 Å². The Morgan fingerprint density at radius 3 is 2.37 bits per heavy atom. The monoisotopic (exact) mass is 268 g/mol. The number of nitrogens with two attached hydrogens (primary N) is 1. The second-order valence-electron chi connectivity index (χ2n) is 5.92. The van der Waals surface area contributed by atoms with Crippen molar-refractivity contribution < 1.29 is 0 Å². The summed E-state index contributed by atoms with van der Waals surface area (Å²) in [5.74, 6) is 0.763. The SMILES string of the molecule is CC(C)N(C)CCCCN=C(N)N1CCCCCC1. The summed E-state index contributed by atoms with van der Waals surface area (Å²) in [4.78, 5) is 9.17. The molecule has 1 aliphatic rings. The van der Waals surface area contributed by atoms with Crippen LogP contribution in [0.4, 0.5) is 0 Å². The number of likely N-dealkylation sites (tertiary alicyclic amines) is 1. The Labute approximate surface area is 119 Å². The lowest BCUT2D eigenvalue weighted by Gasteiger charge is -2.21. The first-order chi connectivity index (χ1) is 9.11. The fourth-order valence-corrected chi connectivity index (χ4v) is 2.32. The Kier molecular flexibility index (Phi) is 7.87. The molecule has 4 nitrogen and oxygen atoms in total. The number of rotatable bonds is 6. The van der Waals surface area contributed by atoms with Gasteiger partial charge in [0.2, 0.25) is 0 Å². The molecule has 0 bridgehead atoms. The molecule has 19 heavy (non-hydrogen) atoms. The van der Waals surface area contributed by atoms with E-state index in [0.29, 0.717) is 6.04 Å². The molecule has 0 amide bonds. The summed E-state index contributed by atoms with van der Waals surface area (Å²) < 4.78 is 0. The van der Waals surface area contributed by atoms with E-state index in [2.05, 4.69) is 35.7 Å². The van der Waals surface area contributed by atoms with Crippen LogP contribution in [0.5, 0.6) is 0 Å². The van der Waals surface area contributed by atoms with Crippen LogP contribution in [0.2, 0.25) is 0 Å². The zero-order valence-electron chi connectivity index (χ0n) is 13.1. The van der Waals surface area contributed by atoms with Crippen molar-refractivity contribution in [2.45, 2.75) is 58.4 Å². The summed E-state index contributed by atoms with van der Waals surface area (Å²) in [5, 5.41) is 0. The molecule has 1 rings (SSSR count). The van der Waals surface area contributed by atoms with E-state index >= 15 is 0 Å². The van der Waals surface area contributed by atoms with E-state index in [1.165, 1.54) is 32.1 Å². The third kappa shape index (κ3) is 6.81. The summed E-state index contributed by atoms with van der Waals surface area (Å²) >= 11 is 0. The lowest BCUT2D eigenvalue weighted by atomic mass is 10.2. The summed E-state index contributed by atoms with van der Waals surface area (Å²) in [6.07, 6.45) is 7.53. The van der Waals surface area contributed by atoms with Crippen LogP contribution < -0.4 is 5.73 Å². The molecule has 0 unspecified atom stereocenters. The van der Waals surface area contributed by atoms with Crippen LogP contribution in [0, 0.1) is 0 Å². The molecule has 1 aliphatic heterocycles. The van der Waals surface area contributed by atoms with Crippen LogP contribution in [0.3, 0.4) is 0 Å². The molecule has 4 heteroatoms. The molecule has 1 saturated heterocycles. The number of hydrogen-bond acceptors (Lipinski definition) is 2. The van der Waals surface area contributed by atoms with Crippen molar-refractivity contribution in [3.8, 4) is 0 Å². The highest BCUT2D eigenvalue weighted by Crippen LogP contribution is 2.09. The van der Waals surface area contributed by atoms with Crippen molar-refractivity contribution in [2.75, 3.05) is 33.2 Å². The van der Waals surface area contributed by atoms with Crippen LogP contribution in [0.1, 0.15) is 52.4 Å². The van der Waals surface area contributed by atoms with Crippen molar-refractivity contribution in [3.05, 3.63) is 0 Å². The van der Waals surface area contributed by atoms with Gasteiger partial charge in [-0.25, -0.2) is 0 Å². The Morgan fingerprint density at radius 2 is 1.79 bits per heavy atom. The normalized spacial score (nSPS) is 18.2. The van der Waals surface area contributed by atoms with E-state index in [0.717, 1.165) is 38.6 Å². The van der Waals surface area contributed by atoms with Gasteiger partial charge in [-0.2, -0.15) is 0 Å². The van der Waals surface area contributed by atoms with Crippen molar-refractivity contribution in [1.29, 1.82) is 0 Å². The Bertz CT molecular complexity index is 255. The van der Waals surface area contributed by atoms with E-state index in [-0.39, 0.29) is 0 Å². The Morgan fingerprint density at radius 1 is 1.16 bits per heavy atom. The van der Waals surface area contributed by atoms with Gasteiger partial charge >= 0.3 is 0 Å². The smallest absolute Gasteiger partial charge is 0.191 e. The first-order valence-electron chi connectivity index (χ1n) is 7.86. The second kappa shape index (κ2) is 9.18. The number of unbranched alkanes of at least 4 members (excludes halogenated alkanes) is 1. The first-order valence-corrected chi connectivity index (χ1v) is 7.86. The van der Waals surface area contributed by atoms with Crippen LogP contribution in [0.25, 0.3) is 0 Å². The van der Waals surface area contributed by atoms with Crippen molar-refractivity contribution in [3.63, 3.8) is 0 Å². The van der Waals surface area contributed by atoms with E-state index < -0.39 is 0 Å². The van der Waals surface area contributed by atoms with E-state index in [4.69, 9.17) is 5.73 Å². The number of hydrogen-bond donors (Lipinski definition) is 1. The molecule has 0 radical (unpaired) electrons. The van der Waals surface area contributed by atoms with E-state index in [1.54, 1.807) is 0 Å². The predicted octanol–water partition coefficient (Wildman–Crippen LogP) is 2.30. The molecular formula is C15H32N4. The van der Waals surface area contributed by atoms with Crippen molar-refractivity contribution in [1.82, 2.24) is 9.80 Å². The quantitative estimate of drug-likeness (QED) is 0.457. The zero-order chi connectivity index (χ0) is 14.1. The van der Waals surface area contributed by atoms with Gasteiger partial charge in [0, 0.05) is 25.7 Å². The van der Waals surface area contributed by atoms with Gasteiger partial charge in [-0.15, -0.1) is 0 Å². The van der Waals surface area contributed by atoms with Crippen LogP contribution in [-0.2, 0) is 0 Å². The summed E-state index contributed by atoms with van der Waals surface area (Å²) in [6.45, 7) is 8.66. The van der Waals surface area contributed by atoms with E-state index in [9.17, 15) is 0 Å². The molecule has 0 saturated carbocycles. The Balaban J connectivity index is 2.16. The molecule has 1 fully saturated rings. The molecule has 0 aromatic heterocycles. The fraction of sp³-hybridized carbons (Fsp3) is 0.933. The highest BCUT2D eigenvalue weighted by atomic mass is 15.2. The molecule has 0 aromatic rings. The molecule has 0 aromatic carbocycles. The van der Waals surface area contributed by atoms with Gasteiger partial charge in [-0.3, -0.25) is 4.99 Å². The lowest BCUT2D eigenvalue weighted by Crippen LogP contribution is -2.38. The van der Waals surface area contributed by atoms with Crippen molar-refractivity contribution in [2.24, 2.45) is 10.7 Å². The average Bonchev–Trinajstić information content (AvgIpc) is 2.66. The molecule has 0 spiro atoms. The van der Waals surface area contributed by atoms with Crippen LogP contribution in [-0.4, -0.2) is 55.0 Å². The maximum atomic E-state index is 6.07. The van der Waals surface area contributed by atoms with Gasteiger partial charge in [0.25, 0.3) is 0 Å². The molecule has 1 heterocycles. The minimum absolute atomic E-state index is 0.630. The molecule has 2 N–H and O–H groups in total. The average molecular weight is 268 g/mol. The minimum Gasteiger partial charge on any atom is -0.370 e. The maximum Gasteiger partial charge on any atom is 0.191 e. The van der Waals surface area contributed by atoms with Gasteiger partial charge in [-0.05, 0) is 53.1 Å². The maximum absolute atomic E-state index is 6.07. The highest BCUT2D eigenvalue weighted by molar-refractivity contribution is 5.78. The molecular weight excluding hydrogens is 236 g/mol. The number of nitrogens with zero attached hydrogens (tertiary/aromatic N) is 3. The summed E-state index contributed by atoms with van der Waals surface area (Å²) in [6, 6.07) is 0.630. The molecule has 0 aliphatic carbocycles. The van der Waals surface area contributed by atoms with Gasteiger partial charge in [0.05, 0.1) is 0 Å². The first kappa shape index (κ1) is 16.3. The lowest BCUT2D eigenvalue weighted by molar-refractivity contribution is 0.269. The number of aliphatic imine (C=N–C) groups is 1. The fourth-order valence-electron chi connectivity index (χ4n) is 2.32. The Hall–Kier alpha value is -0.770. The summed E-state index contributed by atoms with van der Waals surface area (Å²) in [7, 11) is 2.18. The largest absolute Gasteiger partial charge is 0.370 e. The zero-order valence-corrected chi connectivity index (χ0v) is 13.1. The standard InChI is InChI=1S/C15H32N4/c1-14(2)18(3)11-9-6-10-17-15(16)19-12-7-4-5-8-13-19/h14H,4-13H2,1-3H3,(H2,16,17). The highest BCUT2D eigenvalue weighted by Gasteiger charge is 2.10. The van der Waals surface area contributed by atoms with Crippen LogP contribution in [0.15, 0.2) is 4.99 Å². The van der Waals surface area contributed by atoms with Crippen LogP contribution >= 0.6 is 0 Å². The van der Waals surface area contributed by atoms with Crippen molar-refractivity contribution >= 4 is 5.96 Å². The second-order valence-corrected chi connectivity index (χ2v) is 5.92. The summed E-state index contributed by atoms with van der Waals surface area (Å²) in [5.41, 5.74) is 6.07. The minimum atomic E-state index is 0.630. The third-order valence-electron chi connectivity index (χ3n) is 4.00. The molecule has 112 valence electrons. The van der Waals surface area contributed by atoms with Gasteiger partial charge in [0.15, 0.2) is 5.96 Å².